The lowest BCUT2D eigenvalue weighted by molar-refractivity contribution is -0.119. The number of methoxy groups -OCH3 is 1. The first kappa shape index (κ1) is 16.6. The summed E-state index contributed by atoms with van der Waals surface area (Å²) in [6, 6.07) is 5.46. The minimum atomic E-state index is -0.513. The number of ether oxygens (including phenoxy) is 1. The molecule has 2 aliphatic rings. The van der Waals surface area contributed by atoms with Gasteiger partial charge in [0.05, 0.1) is 12.7 Å². The van der Waals surface area contributed by atoms with Gasteiger partial charge >= 0.3 is 0 Å². The number of primary amides is 1. The molecule has 7 nitrogen and oxygen atoms in total. The van der Waals surface area contributed by atoms with Crippen molar-refractivity contribution in [1.82, 2.24) is 10.3 Å². The molecule has 3 heterocycles. The summed E-state index contributed by atoms with van der Waals surface area (Å²) in [6.45, 7) is 2.47. The molecule has 0 saturated carbocycles. The number of benzene rings is 1. The quantitative estimate of drug-likeness (QED) is 0.869. The van der Waals surface area contributed by atoms with Crippen LogP contribution in [-0.4, -0.2) is 43.5 Å². The standard InChI is InChI=1S/C19H22N4O3/c1-26-15-9-13-12(8-14(15)17(20)25)2-5-21-18(13)23-6-3-19(4-7-23)10-16(24)22-11-19/h2,5,8-9H,3-4,6-7,10-11H2,1H3,(H2,20,25)(H,22,24). The number of hydrogen-bond donors (Lipinski definition) is 2. The average molecular weight is 354 g/mol. The van der Waals surface area contributed by atoms with E-state index < -0.39 is 5.91 Å². The number of nitrogens with zero attached hydrogens (tertiary/aromatic N) is 2. The molecule has 2 fully saturated rings. The fourth-order valence-corrected chi connectivity index (χ4v) is 4.10. The van der Waals surface area contributed by atoms with Crippen LogP contribution >= 0.6 is 0 Å². The van der Waals surface area contributed by atoms with Crippen LogP contribution in [0.5, 0.6) is 5.75 Å². The molecule has 2 aliphatic heterocycles. The van der Waals surface area contributed by atoms with Crippen LogP contribution in [0, 0.1) is 5.41 Å². The van der Waals surface area contributed by atoms with Crippen molar-refractivity contribution in [1.29, 1.82) is 0 Å². The number of hydrogen-bond acceptors (Lipinski definition) is 5. The third-order valence-corrected chi connectivity index (χ3v) is 5.65. The van der Waals surface area contributed by atoms with E-state index in [9.17, 15) is 9.59 Å². The lowest BCUT2D eigenvalue weighted by atomic mass is 9.77. The van der Waals surface area contributed by atoms with Crippen molar-refractivity contribution in [3.63, 3.8) is 0 Å². The molecule has 0 unspecified atom stereocenters. The maximum absolute atomic E-state index is 11.7. The van der Waals surface area contributed by atoms with Gasteiger partial charge in [-0.05, 0) is 41.8 Å². The highest BCUT2D eigenvalue weighted by atomic mass is 16.5. The molecular weight excluding hydrogens is 332 g/mol. The van der Waals surface area contributed by atoms with E-state index in [1.807, 2.05) is 12.1 Å². The van der Waals surface area contributed by atoms with Gasteiger partial charge in [0.1, 0.15) is 11.6 Å². The average Bonchev–Trinajstić information content (AvgIpc) is 3.01. The number of carbonyl (C=O) groups is 2. The van der Waals surface area contributed by atoms with Gasteiger partial charge in [-0.1, -0.05) is 0 Å². The van der Waals surface area contributed by atoms with E-state index in [0.717, 1.165) is 49.1 Å². The number of nitrogens with one attached hydrogen (secondary N) is 1. The van der Waals surface area contributed by atoms with Crippen LogP contribution < -0.4 is 20.7 Å². The summed E-state index contributed by atoms with van der Waals surface area (Å²) >= 11 is 0. The molecule has 1 spiro atoms. The number of nitrogens with two attached hydrogens (primary N) is 1. The Kier molecular flexibility index (Phi) is 3.94. The molecular formula is C19H22N4O3. The van der Waals surface area contributed by atoms with Crippen LogP contribution in [0.4, 0.5) is 5.82 Å². The van der Waals surface area contributed by atoms with Gasteiger partial charge in [0.25, 0.3) is 5.91 Å². The smallest absolute Gasteiger partial charge is 0.252 e. The van der Waals surface area contributed by atoms with E-state index in [1.54, 1.807) is 12.3 Å². The van der Waals surface area contributed by atoms with Crippen molar-refractivity contribution >= 4 is 28.4 Å². The summed E-state index contributed by atoms with van der Waals surface area (Å²) in [5, 5.41) is 4.80. The number of aromatic nitrogens is 1. The minimum Gasteiger partial charge on any atom is -0.496 e. The van der Waals surface area contributed by atoms with E-state index in [0.29, 0.717) is 17.7 Å². The first-order chi connectivity index (χ1) is 12.5. The number of amides is 2. The fraction of sp³-hybridized carbons (Fsp3) is 0.421. The number of rotatable bonds is 3. The Bertz CT molecular complexity index is 888. The summed E-state index contributed by atoms with van der Waals surface area (Å²) in [4.78, 5) is 30.1. The van der Waals surface area contributed by atoms with Crippen molar-refractivity contribution in [2.24, 2.45) is 11.1 Å². The van der Waals surface area contributed by atoms with Crippen LogP contribution in [0.2, 0.25) is 0 Å². The van der Waals surface area contributed by atoms with E-state index in [2.05, 4.69) is 15.2 Å². The topological polar surface area (TPSA) is 97.6 Å². The normalized spacial score (nSPS) is 19.0. The Morgan fingerprint density at radius 2 is 2.12 bits per heavy atom. The molecule has 2 aromatic rings. The molecule has 3 N–H and O–H groups in total. The molecule has 2 amide bonds. The molecule has 26 heavy (non-hydrogen) atoms. The Labute approximate surface area is 151 Å². The van der Waals surface area contributed by atoms with Gasteiger partial charge in [-0.15, -0.1) is 0 Å². The van der Waals surface area contributed by atoms with Gasteiger partial charge in [-0.2, -0.15) is 0 Å². The molecule has 136 valence electrons. The lowest BCUT2D eigenvalue weighted by Gasteiger charge is -2.39. The second-order valence-electron chi connectivity index (χ2n) is 7.21. The number of anilines is 1. The number of pyridine rings is 1. The summed E-state index contributed by atoms with van der Waals surface area (Å²) in [6.07, 6.45) is 4.29. The zero-order valence-electron chi connectivity index (χ0n) is 14.7. The molecule has 0 aliphatic carbocycles. The fourth-order valence-electron chi connectivity index (χ4n) is 4.10. The summed E-state index contributed by atoms with van der Waals surface area (Å²) in [5.74, 6) is 0.980. The monoisotopic (exact) mass is 354 g/mol. The molecule has 0 radical (unpaired) electrons. The maximum Gasteiger partial charge on any atom is 0.252 e. The molecule has 1 aromatic carbocycles. The predicted octanol–water partition coefficient (Wildman–Crippen LogP) is 1.45. The predicted molar refractivity (Wildman–Crippen MR) is 98.3 cm³/mol. The minimum absolute atomic E-state index is 0.0923. The highest BCUT2D eigenvalue weighted by Crippen LogP contribution is 2.40. The molecule has 7 heteroatoms. The van der Waals surface area contributed by atoms with E-state index in [-0.39, 0.29) is 11.3 Å². The van der Waals surface area contributed by atoms with Gasteiger partial charge < -0.3 is 20.7 Å². The van der Waals surface area contributed by atoms with Gasteiger partial charge in [-0.25, -0.2) is 4.98 Å². The van der Waals surface area contributed by atoms with Crippen molar-refractivity contribution < 1.29 is 14.3 Å². The van der Waals surface area contributed by atoms with Crippen LogP contribution in [0.3, 0.4) is 0 Å². The zero-order valence-corrected chi connectivity index (χ0v) is 14.7. The van der Waals surface area contributed by atoms with Crippen molar-refractivity contribution in [2.75, 3.05) is 31.6 Å². The van der Waals surface area contributed by atoms with Gasteiger partial charge in [0.2, 0.25) is 5.91 Å². The Morgan fingerprint density at radius 1 is 1.35 bits per heavy atom. The first-order valence-electron chi connectivity index (χ1n) is 8.80. The van der Waals surface area contributed by atoms with Gasteiger partial charge in [-0.3, -0.25) is 9.59 Å². The van der Waals surface area contributed by atoms with Crippen molar-refractivity contribution in [3.05, 3.63) is 30.0 Å². The zero-order chi connectivity index (χ0) is 18.3. The third kappa shape index (κ3) is 2.73. The Hall–Kier alpha value is -2.83. The Balaban J connectivity index is 1.67. The highest BCUT2D eigenvalue weighted by molar-refractivity contribution is 6.03. The van der Waals surface area contributed by atoms with Crippen molar-refractivity contribution in [3.8, 4) is 5.75 Å². The van der Waals surface area contributed by atoms with Gasteiger partial charge in [0.15, 0.2) is 0 Å². The van der Waals surface area contributed by atoms with Crippen LogP contribution in [-0.2, 0) is 4.79 Å². The number of piperidine rings is 1. The Morgan fingerprint density at radius 3 is 2.73 bits per heavy atom. The molecule has 0 atom stereocenters. The SMILES string of the molecule is COc1cc2c(N3CCC4(CC3)CNC(=O)C4)nccc2cc1C(N)=O. The first-order valence-corrected chi connectivity index (χ1v) is 8.80. The highest BCUT2D eigenvalue weighted by Gasteiger charge is 2.41. The lowest BCUT2D eigenvalue weighted by Crippen LogP contribution is -2.41. The molecule has 4 rings (SSSR count). The summed E-state index contributed by atoms with van der Waals surface area (Å²) in [7, 11) is 1.53. The summed E-state index contributed by atoms with van der Waals surface area (Å²) < 4.78 is 5.35. The van der Waals surface area contributed by atoms with E-state index in [4.69, 9.17) is 10.5 Å². The van der Waals surface area contributed by atoms with Gasteiger partial charge in [0, 0.05) is 37.6 Å². The van der Waals surface area contributed by atoms with Crippen LogP contribution in [0.15, 0.2) is 24.4 Å². The van der Waals surface area contributed by atoms with Crippen LogP contribution in [0.1, 0.15) is 29.6 Å². The van der Waals surface area contributed by atoms with E-state index in [1.165, 1.54) is 7.11 Å². The second-order valence-corrected chi connectivity index (χ2v) is 7.21. The van der Waals surface area contributed by atoms with Crippen LogP contribution in [0.25, 0.3) is 10.8 Å². The third-order valence-electron chi connectivity index (χ3n) is 5.65. The number of carbonyl (C=O) groups excluding carboxylic acids is 2. The summed E-state index contributed by atoms with van der Waals surface area (Å²) in [5.41, 5.74) is 5.92. The maximum atomic E-state index is 11.7. The molecule has 1 aromatic heterocycles. The largest absolute Gasteiger partial charge is 0.496 e. The number of fused-ring (bicyclic) bond motifs is 1. The second kappa shape index (κ2) is 6.16. The molecule has 2 saturated heterocycles. The molecule has 0 bridgehead atoms. The van der Waals surface area contributed by atoms with E-state index >= 15 is 0 Å². The van der Waals surface area contributed by atoms with Crippen molar-refractivity contribution in [2.45, 2.75) is 19.3 Å².